The zero-order chi connectivity index (χ0) is 13.4. The summed E-state index contributed by atoms with van der Waals surface area (Å²) in [5.41, 5.74) is 1.15. The molecule has 0 saturated carbocycles. The number of methoxy groups -OCH3 is 1. The van der Waals surface area contributed by atoms with Crippen molar-refractivity contribution in [2.24, 2.45) is 0 Å². The van der Waals surface area contributed by atoms with Crippen LogP contribution in [0, 0.1) is 5.82 Å². The highest BCUT2D eigenvalue weighted by atomic mass is 19.1. The van der Waals surface area contributed by atoms with Gasteiger partial charge in [-0.05, 0) is 50.4 Å². The Bertz CT molecular complexity index is 326. The number of hydrogen-bond acceptors (Lipinski definition) is 2. The fraction of sp³-hybridized carbons (Fsp3) is 0.600. The lowest BCUT2D eigenvalue weighted by Gasteiger charge is -2.20. The summed E-state index contributed by atoms with van der Waals surface area (Å²) in [7, 11) is 1.73. The molecule has 102 valence electrons. The molecule has 0 heterocycles. The van der Waals surface area contributed by atoms with E-state index in [9.17, 15) is 4.39 Å². The van der Waals surface area contributed by atoms with Gasteiger partial charge in [0, 0.05) is 13.2 Å². The van der Waals surface area contributed by atoms with Gasteiger partial charge in [-0.3, -0.25) is 0 Å². The largest absolute Gasteiger partial charge is 0.382 e. The zero-order valence-electron chi connectivity index (χ0n) is 11.6. The van der Waals surface area contributed by atoms with E-state index in [0.29, 0.717) is 0 Å². The van der Waals surface area contributed by atoms with Crippen molar-refractivity contribution < 1.29 is 9.13 Å². The fourth-order valence-electron chi connectivity index (χ4n) is 1.92. The van der Waals surface area contributed by atoms with Crippen LogP contribution in [0.25, 0.3) is 0 Å². The average molecular weight is 253 g/mol. The molecule has 3 heteroatoms. The molecule has 0 aliphatic carbocycles. The monoisotopic (exact) mass is 253 g/mol. The van der Waals surface area contributed by atoms with E-state index in [1.165, 1.54) is 12.1 Å². The quantitative estimate of drug-likeness (QED) is 0.763. The molecule has 0 bridgehead atoms. The fourth-order valence-corrected chi connectivity index (χ4v) is 1.92. The summed E-state index contributed by atoms with van der Waals surface area (Å²) in [6.07, 6.45) is 3.35. The molecule has 0 spiro atoms. The molecule has 0 aliphatic rings. The average Bonchev–Trinajstić information content (AvgIpc) is 2.40. The molecular weight excluding hydrogens is 229 g/mol. The molecule has 0 fully saturated rings. The third-order valence-electron chi connectivity index (χ3n) is 3.18. The number of ether oxygens (including phenoxy) is 1. The van der Waals surface area contributed by atoms with Crippen molar-refractivity contribution in [3.63, 3.8) is 0 Å². The lowest BCUT2D eigenvalue weighted by Crippen LogP contribution is -2.23. The van der Waals surface area contributed by atoms with Crippen LogP contribution < -0.4 is 5.32 Å². The molecule has 1 rings (SSSR count). The van der Waals surface area contributed by atoms with E-state index in [-0.39, 0.29) is 18.0 Å². The molecule has 2 atom stereocenters. The number of halogens is 1. The summed E-state index contributed by atoms with van der Waals surface area (Å²) < 4.78 is 18.2. The van der Waals surface area contributed by atoms with Crippen LogP contribution in [-0.2, 0) is 4.74 Å². The third kappa shape index (κ3) is 5.15. The van der Waals surface area contributed by atoms with Crippen LogP contribution in [0.5, 0.6) is 0 Å². The van der Waals surface area contributed by atoms with Crippen molar-refractivity contribution in [3.05, 3.63) is 35.6 Å². The van der Waals surface area contributed by atoms with Crippen LogP contribution in [-0.4, -0.2) is 19.8 Å². The van der Waals surface area contributed by atoms with E-state index < -0.39 is 0 Å². The summed E-state index contributed by atoms with van der Waals surface area (Å²) in [5, 5.41) is 3.51. The third-order valence-corrected chi connectivity index (χ3v) is 3.18. The smallest absolute Gasteiger partial charge is 0.123 e. The molecule has 2 unspecified atom stereocenters. The molecule has 1 aromatic rings. The molecular formula is C15H24FNO. The van der Waals surface area contributed by atoms with E-state index in [2.05, 4.69) is 19.2 Å². The second-order valence-corrected chi connectivity index (χ2v) is 4.68. The Morgan fingerprint density at radius 2 is 1.89 bits per heavy atom. The first-order valence-corrected chi connectivity index (χ1v) is 6.69. The maximum absolute atomic E-state index is 12.9. The summed E-state index contributed by atoms with van der Waals surface area (Å²) in [5.74, 6) is -0.182. The van der Waals surface area contributed by atoms with Crippen molar-refractivity contribution in [2.75, 3.05) is 13.7 Å². The summed E-state index contributed by atoms with van der Waals surface area (Å²) in [6, 6.07) is 7.05. The second kappa shape index (κ2) is 8.22. The van der Waals surface area contributed by atoms with Gasteiger partial charge in [0.15, 0.2) is 0 Å². The standard InChI is InChI=1S/C15H24FNO/c1-4-11-17-15(10-5-12(2)18-3)13-6-8-14(16)9-7-13/h6-9,12,15,17H,4-5,10-11H2,1-3H3. The number of benzene rings is 1. The maximum atomic E-state index is 12.9. The Morgan fingerprint density at radius 3 is 2.44 bits per heavy atom. The van der Waals surface area contributed by atoms with E-state index in [4.69, 9.17) is 4.74 Å². The molecule has 0 saturated heterocycles. The number of hydrogen-bond donors (Lipinski definition) is 1. The topological polar surface area (TPSA) is 21.3 Å². The Kier molecular flexibility index (Phi) is 6.91. The highest BCUT2D eigenvalue weighted by Crippen LogP contribution is 2.20. The first-order valence-electron chi connectivity index (χ1n) is 6.69. The normalized spacial score (nSPS) is 14.4. The lowest BCUT2D eigenvalue weighted by molar-refractivity contribution is 0.106. The van der Waals surface area contributed by atoms with Gasteiger partial charge >= 0.3 is 0 Å². The van der Waals surface area contributed by atoms with E-state index in [0.717, 1.165) is 31.4 Å². The molecule has 0 aliphatic heterocycles. The predicted octanol–water partition coefficient (Wildman–Crippen LogP) is 3.68. The van der Waals surface area contributed by atoms with Gasteiger partial charge in [0.1, 0.15) is 5.82 Å². The Morgan fingerprint density at radius 1 is 1.22 bits per heavy atom. The minimum atomic E-state index is -0.182. The van der Waals surface area contributed by atoms with Crippen LogP contribution in [0.2, 0.25) is 0 Å². The molecule has 18 heavy (non-hydrogen) atoms. The molecule has 0 aromatic heterocycles. The highest BCUT2D eigenvalue weighted by Gasteiger charge is 2.12. The Balaban J connectivity index is 2.62. The van der Waals surface area contributed by atoms with Gasteiger partial charge in [-0.25, -0.2) is 4.39 Å². The molecule has 2 nitrogen and oxygen atoms in total. The first-order chi connectivity index (χ1) is 8.67. The summed E-state index contributed by atoms with van der Waals surface area (Å²) in [4.78, 5) is 0. The van der Waals surface area contributed by atoms with Crippen LogP contribution in [0.15, 0.2) is 24.3 Å². The van der Waals surface area contributed by atoms with Gasteiger partial charge in [-0.15, -0.1) is 0 Å². The van der Waals surface area contributed by atoms with Crippen molar-refractivity contribution in [2.45, 2.75) is 45.3 Å². The van der Waals surface area contributed by atoms with Gasteiger partial charge in [-0.1, -0.05) is 19.1 Å². The van der Waals surface area contributed by atoms with E-state index >= 15 is 0 Å². The van der Waals surface area contributed by atoms with Crippen molar-refractivity contribution in [1.29, 1.82) is 0 Å². The van der Waals surface area contributed by atoms with E-state index in [1.54, 1.807) is 7.11 Å². The zero-order valence-corrected chi connectivity index (χ0v) is 11.6. The van der Waals surface area contributed by atoms with Gasteiger partial charge in [0.25, 0.3) is 0 Å². The Labute approximate surface area is 110 Å². The van der Waals surface area contributed by atoms with Crippen LogP contribution in [0.1, 0.15) is 44.7 Å². The second-order valence-electron chi connectivity index (χ2n) is 4.68. The van der Waals surface area contributed by atoms with Crippen LogP contribution in [0.4, 0.5) is 4.39 Å². The Hall–Kier alpha value is -0.930. The summed E-state index contributed by atoms with van der Waals surface area (Å²) >= 11 is 0. The van der Waals surface area contributed by atoms with Gasteiger partial charge in [0.2, 0.25) is 0 Å². The molecule has 1 N–H and O–H groups in total. The van der Waals surface area contributed by atoms with Crippen LogP contribution in [0.3, 0.4) is 0 Å². The molecule has 0 radical (unpaired) electrons. The van der Waals surface area contributed by atoms with Crippen molar-refractivity contribution in [1.82, 2.24) is 5.32 Å². The minimum Gasteiger partial charge on any atom is -0.382 e. The van der Waals surface area contributed by atoms with Crippen molar-refractivity contribution >= 4 is 0 Å². The summed E-state index contributed by atoms with van der Waals surface area (Å²) in [6.45, 7) is 5.19. The van der Waals surface area contributed by atoms with Crippen LogP contribution >= 0.6 is 0 Å². The minimum absolute atomic E-state index is 0.182. The number of nitrogens with one attached hydrogen (secondary N) is 1. The highest BCUT2D eigenvalue weighted by molar-refractivity contribution is 5.19. The van der Waals surface area contributed by atoms with Gasteiger partial charge < -0.3 is 10.1 Å². The molecule has 1 aromatic carbocycles. The lowest BCUT2D eigenvalue weighted by atomic mass is 10.00. The predicted molar refractivity (Wildman–Crippen MR) is 73.1 cm³/mol. The SMILES string of the molecule is CCCNC(CCC(C)OC)c1ccc(F)cc1. The molecule has 0 amide bonds. The first kappa shape index (κ1) is 15.1. The van der Waals surface area contributed by atoms with Gasteiger partial charge in [-0.2, -0.15) is 0 Å². The number of rotatable bonds is 8. The van der Waals surface area contributed by atoms with Gasteiger partial charge in [0.05, 0.1) is 6.10 Å². The van der Waals surface area contributed by atoms with E-state index in [1.807, 2.05) is 12.1 Å². The van der Waals surface area contributed by atoms with Crippen molar-refractivity contribution in [3.8, 4) is 0 Å². The maximum Gasteiger partial charge on any atom is 0.123 e.